The molecular formula is C14H20ClNO2. The SMILES string of the molecule is CCC(NC(=O)OC(C)(C)C)c1cccc(Cl)c1. The zero-order chi connectivity index (χ0) is 13.8. The number of rotatable bonds is 3. The lowest BCUT2D eigenvalue weighted by atomic mass is 10.1. The number of nitrogens with one attached hydrogen (secondary N) is 1. The van der Waals surface area contributed by atoms with Crippen LogP contribution in [0.5, 0.6) is 0 Å². The van der Waals surface area contributed by atoms with Gasteiger partial charge in [0.2, 0.25) is 0 Å². The highest BCUT2D eigenvalue weighted by molar-refractivity contribution is 6.30. The number of alkyl carbamates (subject to hydrolysis) is 1. The Morgan fingerprint density at radius 2 is 2.11 bits per heavy atom. The van der Waals surface area contributed by atoms with Crippen LogP contribution in [0.2, 0.25) is 5.02 Å². The fourth-order valence-corrected chi connectivity index (χ4v) is 1.79. The van der Waals surface area contributed by atoms with Crippen molar-refractivity contribution in [1.29, 1.82) is 0 Å². The maximum absolute atomic E-state index is 11.7. The number of benzene rings is 1. The number of amides is 1. The Morgan fingerprint density at radius 3 is 2.61 bits per heavy atom. The highest BCUT2D eigenvalue weighted by atomic mass is 35.5. The van der Waals surface area contributed by atoms with E-state index in [1.807, 2.05) is 52.0 Å². The van der Waals surface area contributed by atoms with Crippen LogP contribution in [0.15, 0.2) is 24.3 Å². The Kier molecular flexibility index (Phi) is 5.03. The topological polar surface area (TPSA) is 38.3 Å². The predicted octanol–water partition coefficient (Wildman–Crippen LogP) is 4.32. The van der Waals surface area contributed by atoms with Crippen molar-refractivity contribution in [2.75, 3.05) is 0 Å². The molecule has 0 spiro atoms. The van der Waals surface area contributed by atoms with Crippen LogP contribution in [-0.2, 0) is 4.74 Å². The van der Waals surface area contributed by atoms with Gasteiger partial charge in [0.1, 0.15) is 5.60 Å². The van der Waals surface area contributed by atoms with E-state index >= 15 is 0 Å². The number of halogens is 1. The van der Waals surface area contributed by atoms with Gasteiger partial charge in [-0.15, -0.1) is 0 Å². The van der Waals surface area contributed by atoms with Crippen LogP contribution in [0.25, 0.3) is 0 Å². The van der Waals surface area contributed by atoms with Crippen molar-refractivity contribution in [3.05, 3.63) is 34.9 Å². The predicted molar refractivity (Wildman–Crippen MR) is 73.9 cm³/mol. The van der Waals surface area contributed by atoms with Crippen LogP contribution in [0, 0.1) is 0 Å². The Labute approximate surface area is 113 Å². The van der Waals surface area contributed by atoms with E-state index in [2.05, 4.69) is 5.32 Å². The number of carbonyl (C=O) groups is 1. The summed E-state index contributed by atoms with van der Waals surface area (Å²) < 4.78 is 5.24. The molecule has 0 heterocycles. The molecule has 0 fully saturated rings. The first-order valence-electron chi connectivity index (χ1n) is 6.07. The van der Waals surface area contributed by atoms with Gasteiger partial charge in [-0.3, -0.25) is 0 Å². The van der Waals surface area contributed by atoms with Gasteiger partial charge in [-0.25, -0.2) is 4.79 Å². The first kappa shape index (κ1) is 14.8. The van der Waals surface area contributed by atoms with Gasteiger partial charge in [-0.2, -0.15) is 0 Å². The average molecular weight is 270 g/mol. The number of ether oxygens (including phenoxy) is 1. The molecule has 0 aliphatic rings. The Balaban J connectivity index is 2.71. The van der Waals surface area contributed by atoms with E-state index in [1.54, 1.807) is 0 Å². The van der Waals surface area contributed by atoms with Gasteiger partial charge >= 0.3 is 6.09 Å². The first-order chi connectivity index (χ1) is 8.31. The molecule has 1 N–H and O–H groups in total. The standard InChI is InChI=1S/C14H20ClNO2/c1-5-12(10-7-6-8-11(15)9-10)16-13(17)18-14(2,3)4/h6-9,12H,5H2,1-4H3,(H,16,17). The van der Waals surface area contributed by atoms with E-state index in [9.17, 15) is 4.79 Å². The summed E-state index contributed by atoms with van der Waals surface area (Å²) in [5.74, 6) is 0. The van der Waals surface area contributed by atoms with Crippen molar-refractivity contribution in [2.24, 2.45) is 0 Å². The highest BCUT2D eigenvalue weighted by Gasteiger charge is 2.19. The fraction of sp³-hybridized carbons (Fsp3) is 0.500. The van der Waals surface area contributed by atoms with Crippen LogP contribution in [0.1, 0.15) is 45.7 Å². The lowest BCUT2D eigenvalue weighted by Crippen LogP contribution is -2.34. The second-order valence-corrected chi connectivity index (χ2v) is 5.60. The molecule has 0 saturated carbocycles. The Morgan fingerprint density at radius 1 is 1.44 bits per heavy atom. The summed E-state index contributed by atoms with van der Waals surface area (Å²) in [5.41, 5.74) is 0.493. The summed E-state index contributed by atoms with van der Waals surface area (Å²) in [6.45, 7) is 7.52. The molecule has 1 aromatic rings. The molecule has 1 atom stereocenters. The van der Waals surface area contributed by atoms with Crippen molar-refractivity contribution in [3.63, 3.8) is 0 Å². The Bertz CT molecular complexity index is 413. The molecule has 0 bridgehead atoms. The molecule has 3 nitrogen and oxygen atoms in total. The van der Waals surface area contributed by atoms with Gasteiger partial charge in [0, 0.05) is 5.02 Å². The van der Waals surface area contributed by atoms with E-state index in [1.165, 1.54) is 0 Å². The van der Waals surface area contributed by atoms with Crippen LogP contribution in [-0.4, -0.2) is 11.7 Å². The zero-order valence-corrected chi connectivity index (χ0v) is 12.0. The molecule has 18 heavy (non-hydrogen) atoms. The van der Waals surface area contributed by atoms with Crippen molar-refractivity contribution in [1.82, 2.24) is 5.32 Å². The third-order valence-electron chi connectivity index (χ3n) is 2.35. The summed E-state index contributed by atoms with van der Waals surface area (Å²) >= 11 is 5.94. The Hall–Kier alpha value is -1.22. The molecule has 0 aliphatic carbocycles. The molecule has 1 unspecified atom stereocenters. The second kappa shape index (κ2) is 6.10. The maximum Gasteiger partial charge on any atom is 0.408 e. The number of carbonyl (C=O) groups excluding carboxylic acids is 1. The summed E-state index contributed by atoms with van der Waals surface area (Å²) in [6, 6.07) is 7.39. The van der Waals surface area contributed by atoms with E-state index in [0.29, 0.717) is 5.02 Å². The molecule has 4 heteroatoms. The molecule has 0 aromatic heterocycles. The maximum atomic E-state index is 11.7. The lowest BCUT2D eigenvalue weighted by Gasteiger charge is -2.23. The van der Waals surface area contributed by atoms with Gasteiger partial charge in [0.05, 0.1) is 6.04 Å². The van der Waals surface area contributed by atoms with Gasteiger partial charge in [-0.05, 0) is 44.9 Å². The summed E-state index contributed by atoms with van der Waals surface area (Å²) in [5, 5.41) is 3.51. The molecule has 1 aromatic carbocycles. The molecule has 1 amide bonds. The van der Waals surface area contributed by atoms with E-state index < -0.39 is 11.7 Å². The van der Waals surface area contributed by atoms with Crippen molar-refractivity contribution < 1.29 is 9.53 Å². The van der Waals surface area contributed by atoms with E-state index in [4.69, 9.17) is 16.3 Å². The minimum Gasteiger partial charge on any atom is -0.444 e. The van der Waals surface area contributed by atoms with Crippen molar-refractivity contribution in [3.8, 4) is 0 Å². The molecule has 100 valence electrons. The van der Waals surface area contributed by atoms with Gasteiger partial charge in [0.15, 0.2) is 0 Å². The van der Waals surface area contributed by atoms with Crippen molar-refractivity contribution >= 4 is 17.7 Å². The summed E-state index contributed by atoms with van der Waals surface area (Å²) in [6.07, 6.45) is 0.369. The molecule has 1 rings (SSSR count). The molecular weight excluding hydrogens is 250 g/mol. The quantitative estimate of drug-likeness (QED) is 0.888. The summed E-state index contributed by atoms with van der Waals surface area (Å²) in [4.78, 5) is 11.7. The number of hydrogen-bond acceptors (Lipinski definition) is 2. The monoisotopic (exact) mass is 269 g/mol. The molecule has 0 radical (unpaired) electrons. The van der Waals surface area contributed by atoms with E-state index in [0.717, 1.165) is 12.0 Å². The highest BCUT2D eigenvalue weighted by Crippen LogP contribution is 2.20. The average Bonchev–Trinajstić information content (AvgIpc) is 2.23. The van der Waals surface area contributed by atoms with Gasteiger partial charge < -0.3 is 10.1 Å². The summed E-state index contributed by atoms with van der Waals surface area (Å²) in [7, 11) is 0. The largest absolute Gasteiger partial charge is 0.444 e. The number of hydrogen-bond donors (Lipinski definition) is 1. The van der Waals surface area contributed by atoms with Crippen LogP contribution < -0.4 is 5.32 Å². The van der Waals surface area contributed by atoms with Crippen molar-refractivity contribution in [2.45, 2.75) is 45.8 Å². The third kappa shape index (κ3) is 4.96. The minimum absolute atomic E-state index is 0.0847. The van der Waals surface area contributed by atoms with Gasteiger partial charge in [-0.1, -0.05) is 30.7 Å². The van der Waals surface area contributed by atoms with E-state index in [-0.39, 0.29) is 6.04 Å². The van der Waals surface area contributed by atoms with Crippen LogP contribution in [0.3, 0.4) is 0 Å². The molecule has 0 saturated heterocycles. The van der Waals surface area contributed by atoms with Crippen LogP contribution >= 0.6 is 11.6 Å². The minimum atomic E-state index is -0.489. The fourth-order valence-electron chi connectivity index (χ4n) is 1.59. The van der Waals surface area contributed by atoms with Gasteiger partial charge in [0.25, 0.3) is 0 Å². The third-order valence-corrected chi connectivity index (χ3v) is 2.59. The first-order valence-corrected chi connectivity index (χ1v) is 6.44. The lowest BCUT2D eigenvalue weighted by molar-refractivity contribution is 0.0502. The second-order valence-electron chi connectivity index (χ2n) is 5.16. The normalized spacial score (nSPS) is 12.9. The van der Waals surface area contributed by atoms with Crippen LogP contribution in [0.4, 0.5) is 4.79 Å². The molecule has 0 aliphatic heterocycles. The smallest absolute Gasteiger partial charge is 0.408 e. The zero-order valence-electron chi connectivity index (χ0n) is 11.3.